The van der Waals surface area contributed by atoms with E-state index in [1.54, 1.807) is 0 Å². The van der Waals surface area contributed by atoms with Crippen molar-refractivity contribution in [2.45, 2.75) is 27.2 Å². The van der Waals surface area contributed by atoms with Crippen molar-refractivity contribution in [3.63, 3.8) is 0 Å². The van der Waals surface area contributed by atoms with E-state index in [1.165, 1.54) is 29.5 Å². The minimum atomic E-state index is -0.168. The summed E-state index contributed by atoms with van der Waals surface area (Å²) in [5.41, 5.74) is 4.99. The normalized spacial score (nSPS) is 10.2. The Morgan fingerprint density at radius 1 is 1.18 bits per heavy atom. The van der Waals surface area contributed by atoms with Crippen molar-refractivity contribution in [2.75, 3.05) is 25.6 Å². The van der Waals surface area contributed by atoms with Gasteiger partial charge in [-0.05, 0) is 43.5 Å². The highest BCUT2D eigenvalue weighted by atomic mass is 16.5. The number of carbonyl (C=O) groups is 1. The van der Waals surface area contributed by atoms with Gasteiger partial charge in [0.2, 0.25) is 0 Å². The zero-order valence-electron chi connectivity index (χ0n) is 11.3. The number of anilines is 1. The van der Waals surface area contributed by atoms with Crippen molar-refractivity contribution in [1.29, 1.82) is 0 Å². The van der Waals surface area contributed by atoms with Gasteiger partial charge in [0.15, 0.2) is 0 Å². The summed E-state index contributed by atoms with van der Waals surface area (Å²) in [4.78, 5) is 13.2. The van der Waals surface area contributed by atoms with Crippen LogP contribution >= 0.6 is 0 Å². The van der Waals surface area contributed by atoms with E-state index in [0.717, 1.165) is 0 Å². The summed E-state index contributed by atoms with van der Waals surface area (Å²) >= 11 is 0. The van der Waals surface area contributed by atoms with Crippen LogP contribution in [-0.4, -0.2) is 26.7 Å². The van der Waals surface area contributed by atoms with Gasteiger partial charge in [-0.3, -0.25) is 4.79 Å². The number of methoxy groups -OCH3 is 1. The van der Waals surface area contributed by atoms with Crippen molar-refractivity contribution < 1.29 is 9.53 Å². The summed E-state index contributed by atoms with van der Waals surface area (Å²) in [5.74, 6) is -0.168. The number of esters is 1. The van der Waals surface area contributed by atoms with Gasteiger partial charge in [0.1, 0.15) is 0 Å². The topological polar surface area (TPSA) is 29.5 Å². The van der Waals surface area contributed by atoms with Gasteiger partial charge < -0.3 is 9.64 Å². The van der Waals surface area contributed by atoms with Gasteiger partial charge in [-0.1, -0.05) is 6.07 Å². The highest BCUT2D eigenvalue weighted by Gasteiger charge is 2.09. The number of benzene rings is 1. The number of carbonyl (C=O) groups excluding carboxylic acids is 1. The number of aryl methyl sites for hydroxylation is 3. The fraction of sp³-hybridized carbons (Fsp3) is 0.500. The first-order valence-corrected chi connectivity index (χ1v) is 5.81. The molecule has 1 aromatic rings. The molecule has 0 N–H and O–H groups in total. The maximum atomic E-state index is 11.1. The molecule has 0 aliphatic carbocycles. The summed E-state index contributed by atoms with van der Waals surface area (Å²) in [5, 5.41) is 0. The molecule has 0 bridgehead atoms. The van der Waals surface area contributed by atoms with E-state index >= 15 is 0 Å². The van der Waals surface area contributed by atoms with Crippen molar-refractivity contribution in [3.8, 4) is 0 Å². The number of ether oxygens (including phenoxy) is 1. The van der Waals surface area contributed by atoms with Gasteiger partial charge in [-0.15, -0.1) is 0 Å². The fourth-order valence-corrected chi connectivity index (χ4v) is 1.84. The fourth-order valence-electron chi connectivity index (χ4n) is 1.84. The second kappa shape index (κ2) is 5.71. The molecule has 3 heteroatoms. The largest absolute Gasteiger partial charge is 0.469 e. The van der Waals surface area contributed by atoms with Crippen molar-refractivity contribution in [1.82, 2.24) is 0 Å². The molecular formula is C14H21NO2. The molecule has 0 aliphatic heterocycles. The third-order valence-corrected chi connectivity index (χ3v) is 3.10. The lowest BCUT2D eigenvalue weighted by Gasteiger charge is -2.22. The Bertz CT molecular complexity index is 413. The molecule has 94 valence electrons. The van der Waals surface area contributed by atoms with E-state index in [9.17, 15) is 4.79 Å². The summed E-state index contributed by atoms with van der Waals surface area (Å²) in [7, 11) is 3.42. The molecule has 1 aromatic carbocycles. The molecule has 0 saturated carbocycles. The van der Waals surface area contributed by atoms with Crippen LogP contribution in [0.4, 0.5) is 5.69 Å². The van der Waals surface area contributed by atoms with Crippen molar-refractivity contribution in [3.05, 3.63) is 28.8 Å². The maximum Gasteiger partial charge on any atom is 0.307 e. The zero-order chi connectivity index (χ0) is 13.0. The van der Waals surface area contributed by atoms with Crippen LogP contribution < -0.4 is 4.90 Å². The van der Waals surface area contributed by atoms with Crippen molar-refractivity contribution >= 4 is 11.7 Å². The summed E-state index contributed by atoms with van der Waals surface area (Å²) < 4.78 is 4.64. The standard InChI is InChI=1S/C14H21NO2/c1-10-8-12(3)13(9-11(10)2)15(4)7-6-14(16)17-5/h8-9H,6-7H2,1-5H3. The minimum absolute atomic E-state index is 0.168. The predicted octanol–water partition coefficient (Wildman–Crippen LogP) is 2.61. The Hall–Kier alpha value is -1.51. The molecule has 0 fully saturated rings. The van der Waals surface area contributed by atoms with Crippen LogP contribution in [0.1, 0.15) is 23.1 Å². The highest BCUT2D eigenvalue weighted by molar-refractivity contribution is 5.70. The second-order valence-corrected chi connectivity index (χ2v) is 4.47. The molecule has 0 heterocycles. The highest BCUT2D eigenvalue weighted by Crippen LogP contribution is 2.23. The van der Waals surface area contributed by atoms with Crippen LogP contribution in [0.25, 0.3) is 0 Å². The lowest BCUT2D eigenvalue weighted by Crippen LogP contribution is -2.22. The van der Waals surface area contributed by atoms with Crippen LogP contribution in [0.3, 0.4) is 0 Å². The smallest absolute Gasteiger partial charge is 0.307 e. The van der Waals surface area contributed by atoms with Crippen LogP contribution in [0, 0.1) is 20.8 Å². The SMILES string of the molecule is COC(=O)CCN(C)c1cc(C)c(C)cc1C. The Kier molecular flexibility index (Phi) is 4.55. The van der Waals surface area contributed by atoms with Crippen LogP contribution in [0.5, 0.6) is 0 Å². The number of hydrogen-bond donors (Lipinski definition) is 0. The monoisotopic (exact) mass is 235 g/mol. The lowest BCUT2D eigenvalue weighted by atomic mass is 10.0. The van der Waals surface area contributed by atoms with Crippen LogP contribution in [0.15, 0.2) is 12.1 Å². The molecule has 0 spiro atoms. The van der Waals surface area contributed by atoms with Crippen LogP contribution in [0.2, 0.25) is 0 Å². The predicted molar refractivity (Wildman–Crippen MR) is 70.6 cm³/mol. The van der Waals surface area contributed by atoms with Crippen LogP contribution in [-0.2, 0) is 9.53 Å². The summed E-state index contributed by atoms with van der Waals surface area (Å²) in [6.45, 7) is 6.99. The van der Waals surface area contributed by atoms with Gasteiger partial charge in [-0.2, -0.15) is 0 Å². The van der Waals surface area contributed by atoms with Gasteiger partial charge >= 0.3 is 5.97 Å². The Balaban J connectivity index is 2.78. The molecule has 0 unspecified atom stereocenters. The maximum absolute atomic E-state index is 11.1. The van der Waals surface area contributed by atoms with Gasteiger partial charge in [0.05, 0.1) is 13.5 Å². The Morgan fingerprint density at radius 3 is 2.35 bits per heavy atom. The van der Waals surface area contributed by atoms with E-state index in [4.69, 9.17) is 0 Å². The molecule has 0 aromatic heterocycles. The van der Waals surface area contributed by atoms with E-state index < -0.39 is 0 Å². The van der Waals surface area contributed by atoms with Gasteiger partial charge in [0, 0.05) is 19.3 Å². The molecule has 3 nitrogen and oxygen atoms in total. The van der Waals surface area contributed by atoms with Gasteiger partial charge in [-0.25, -0.2) is 0 Å². The third-order valence-electron chi connectivity index (χ3n) is 3.10. The van der Waals surface area contributed by atoms with Gasteiger partial charge in [0.25, 0.3) is 0 Å². The van der Waals surface area contributed by atoms with E-state index in [2.05, 4.69) is 42.5 Å². The molecule has 0 aliphatic rings. The average molecular weight is 235 g/mol. The zero-order valence-corrected chi connectivity index (χ0v) is 11.3. The van der Waals surface area contributed by atoms with E-state index in [-0.39, 0.29) is 5.97 Å². The Labute approximate surface area is 103 Å². The van der Waals surface area contributed by atoms with E-state index in [0.29, 0.717) is 13.0 Å². The summed E-state index contributed by atoms with van der Waals surface area (Å²) in [6.07, 6.45) is 0.416. The number of nitrogens with zero attached hydrogens (tertiary/aromatic N) is 1. The first-order chi connectivity index (χ1) is 7.95. The lowest BCUT2D eigenvalue weighted by molar-refractivity contribution is -0.140. The summed E-state index contributed by atoms with van der Waals surface area (Å²) in [6, 6.07) is 4.35. The van der Waals surface area contributed by atoms with Crippen molar-refractivity contribution in [2.24, 2.45) is 0 Å². The molecule has 17 heavy (non-hydrogen) atoms. The molecule has 0 atom stereocenters. The third kappa shape index (κ3) is 3.48. The first kappa shape index (κ1) is 13.6. The minimum Gasteiger partial charge on any atom is -0.469 e. The molecule has 0 saturated heterocycles. The Morgan fingerprint density at radius 2 is 1.76 bits per heavy atom. The molecular weight excluding hydrogens is 214 g/mol. The second-order valence-electron chi connectivity index (χ2n) is 4.47. The quantitative estimate of drug-likeness (QED) is 0.751. The molecule has 0 radical (unpaired) electrons. The number of rotatable bonds is 4. The molecule has 1 rings (SSSR count). The average Bonchev–Trinajstić information content (AvgIpc) is 2.30. The van der Waals surface area contributed by atoms with E-state index in [1.807, 2.05) is 7.05 Å². The molecule has 0 amide bonds. The number of hydrogen-bond acceptors (Lipinski definition) is 3. The first-order valence-electron chi connectivity index (χ1n) is 5.81.